The maximum absolute atomic E-state index is 12.9. The second-order valence-electron chi connectivity index (χ2n) is 7.78. The molecule has 0 radical (unpaired) electrons. The normalized spacial score (nSPS) is 15.0. The van der Waals surface area contributed by atoms with Crippen LogP contribution in [0.25, 0.3) is 0 Å². The molecule has 1 heterocycles. The molecule has 0 spiro atoms. The van der Waals surface area contributed by atoms with Crippen molar-refractivity contribution >= 4 is 29.0 Å². The molecule has 1 aliphatic heterocycles. The summed E-state index contributed by atoms with van der Waals surface area (Å²) in [7, 11) is 2.00. The number of hydrogen-bond acceptors (Lipinski definition) is 4. The predicted molar refractivity (Wildman–Crippen MR) is 115 cm³/mol. The zero-order valence-corrected chi connectivity index (χ0v) is 16.9. The van der Waals surface area contributed by atoms with Crippen LogP contribution in [-0.2, 0) is 4.79 Å². The number of anilines is 2. The molecule has 0 atom stereocenters. The molecule has 2 amide bonds. The molecule has 152 valence electrons. The summed E-state index contributed by atoms with van der Waals surface area (Å²) < 4.78 is 0.457. The highest BCUT2D eigenvalue weighted by Crippen LogP contribution is 2.24. The van der Waals surface area contributed by atoms with Crippen LogP contribution >= 0.6 is 0 Å². The van der Waals surface area contributed by atoms with E-state index in [9.17, 15) is 9.59 Å². The Morgan fingerprint density at radius 1 is 1.07 bits per heavy atom. The van der Waals surface area contributed by atoms with Crippen molar-refractivity contribution in [2.75, 3.05) is 37.3 Å². The van der Waals surface area contributed by atoms with Gasteiger partial charge < -0.3 is 16.4 Å². The Hall–Kier alpha value is -3.19. The summed E-state index contributed by atoms with van der Waals surface area (Å²) in [5.41, 5.74) is 9.09. The van der Waals surface area contributed by atoms with E-state index in [4.69, 9.17) is 11.1 Å². The van der Waals surface area contributed by atoms with Crippen LogP contribution in [0.5, 0.6) is 0 Å². The number of carbonyl (C=O) groups excluding carboxylic acids is 2. The van der Waals surface area contributed by atoms with Crippen molar-refractivity contribution in [3.05, 3.63) is 59.2 Å². The van der Waals surface area contributed by atoms with Gasteiger partial charge in [-0.1, -0.05) is 0 Å². The van der Waals surface area contributed by atoms with Crippen molar-refractivity contribution in [1.82, 2.24) is 0 Å². The number of benzene rings is 2. The molecule has 5 N–H and O–H groups in total. The summed E-state index contributed by atoms with van der Waals surface area (Å²) in [6.45, 7) is 3.78. The standard InChI is InChI=1S/C22H27N5O2/c1-15-13-18(9-10-19(15)22(29)27(2)11-3-4-12-27)26-20(28)14-25-17-7-5-16(6-8-17)21(23)24/h5-10,13H,3-4,11-12,14H2,1-2H3,(H4-,23,24,25,26,28,29)/p+1. The van der Waals surface area contributed by atoms with Gasteiger partial charge in [0, 0.05) is 29.8 Å². The summed E-state index contributed by atoms with van der Waals surface area (Å²) in [6.07, 6.45) is 2.17. The first-order chi connectivity index (χ1) is 13.8. The molecule has 29 heavy (non-hydrogen) atoms. The van der Waals surface area contributed by atoms with Gasteiger partial charge in [0.2, 0.25) is 5.91 Å². The zero-order valence-electron chi connectivity index (χ0n) is 16.9. The minimum Gasteiger partial charge on any atom is -0.384 e. The average Bonchev–Trinajstić information content (AvgIpc) is 3.14. The van der Waals surface area contributed by atoms with Gasteiger partial charge in [0.25, 0.3) is 0 Å². The lowest BCUT2D eigenvalue weighted by molar-refractivity contribution is -0.815. The fraction of sp³-hybridized carbons (Fsp3) is 0.318. The first-order valence-corrected chi connectivity index (χ1v) is 9.77. The quantitative estimate of drug-likeness (QED) is 0.343. The molecule has 1 aliphatic rings. The van der Waals surface area contributed by atoms with E-state index in [2.05, 4.69) is 10.6 Å². The SMILES string of the molecule is Cc1cc(NC(=O)CNc2ccc(C(=N)N)cc2)ccc1C(=O)[N+]1(C)CCCC1. The minimum atomic E-state index is -0.183. The highest BCUT2D eigenvalue weighted by molar-refractivity contribution is 5.96. The Labute approximate surface area is 171 Å². The maximum Gasteiger partial charge on any atom is 0.345 e. The van der Waals surface area contributed by atoms with Crippen molar-refractivity contribution in [3.63, 3.8) is 0 Å². The molecule has 0 bridgehead atoms. The van der Waals surface area contributed by atoms with E-state index < -0.39 is 0 Å². The Bertz CT molecular complexity index is 931. The fourth-order valence-corrected chi connectivity index (χ4v) is 3.66. The number of quaternary nitrogens is 1. The minimum absolute atomic E-state index is 0.00677. The Morgan fingerprint density at radius 2 is 1.69 bits per heavy atom. The third-order valence-electron chi connectivity index (χ3n) is 5.43. The van der Waals surface area contributed by atoms with Crippen LogP contribution in [0, 0.1) is 12.3 Å². The number of aryl methyl sites for hydroxylation is 1. The van der Waals surface area contributed by atoms with Crippen LogP contribution in [0.2, 0.25) is 0 Å². The molecule has 2 aromatic rings. The third kappa shape index (κ3) is 4.81. The number of amides is 2. The number of hydrogen-bond donors (Lipinski definition) is 4. The van der Waals surface area contributed by atoms with Crippen molar-refractivity contribution < 1.29 is 14.1 Å². The van der Waals surface area contributed by atoms with Gasteiger partial charge >= 0.3 is 5.91 Å². The van der Waals surface area contributed by atoms with Gasteiger partial charge in [0.15, 0.2) is 0 Å². The summed E-state index contributed by atoms with van der Waals surface area (Å²) in [6, 6.07) is 12.4. The van der Waals surface area contributed by atoms with Crippen LogP contribution in [-0.4, -0.2) is 48.8 Å². The number of nitrogens with two attached hydrogens (primary N) is 1. The van der Waals surface area contributed by atoms with Crippen LogP contribution in [0.3, 0.4) is 0 Å². The lowest BCUT2D eigenvalue weighted by atomic mass is 10.1. The molecular formula is C22H28N5O2+. The highest BCUT2D eigenvalue weighted by atomic mass is 16.2. The summed E-state index contributed by atoms with van der Waals surface area (Å²) in [5, 5.41) is 13.3. The zero-order chi connectivity index (χ0) is 21.0. The number of nitrogen functional groups attached to an aromatic ring is 1. The third-order valence-corrected chi connectivity index (χ3v) is 5.43. The summed E-state index contributed by atoms with van der Waals surface area (Å²) in [4.78, 5) is 25.2. The summed E-state index contributed by atoms with van der Waals surface area (Å²) >= 11 is 0. The second kappa shape index (κ2) is 8.45. The van der Waals surface area contributed by atoms with Gasteiger partial charge in [-0.25, -0.2) is 4.79 Å². The van der Waals surface area contributed by atoms with Crippen LogP contribution in [0.4, 0.5) is 11.4 Å². The topological polar surface area (TPSA) is 108 Å². The Kier molecular flexibility index (Phi) is 5.98. The van der Waals surface area contributed by atoms with Crippen molar-refractivity contribution in [2.24, 2.45) is 5.73 Å². The predicted octanol–water partition coefficient (Wildman–Crippen LogP) is 2.71. The molecule has 2 aromatic carbocycles. The molecule has 7 heteroatoms. The maximum atomic E-state index is 12.9. The van der Waals surface area contributed by atoms with Crippen molar-refractivity contribution in [3.8, 4) is 0 Å². The first kappa shape index (κ1) is 20.5. The number of nitrogens with one attached hydrogen (secondary N) is 3. The van der Waals surface area contributed by atoms with Crippen molar-refractivity contribution in [2.45, 2.75) is 19.8 Å². The van der Waals surface area contributed by atoms with Gasteiger partial charge in [-0.15, -0.1) is 0 Å². The lowest BCUT2D eigenvalue weighted by Crippen LogP contribution is -2.46. The second-order valence-corrected chi connectivity index (χ2v) is 7.78. The van der Waals surface area contributed by atoms with E-state index in [-0.39, 0.29) is 24.2 Å². The number of rotatable bonds is 6. The monoisotopic (exact) mass is 394 g/mol. The van der Waals surface area contributed by atoms with Crippen LogP contribution in [0.15, 0.2) is 42.5 Å². The molecule has 1 saturated heterocycles. The number of nitrogens with zero attached hydrogens (tertiary/aromatic N) is 1. The largest absolute Gasteiger partial charge is 0.384 e. The number of amidine groups is 1. The molecule has 0 aromatic heterocycles. The molecule has 0 aliphatic carbocycles. The van der Waals surface area contributed by atoms with E-state index in [1.807, 2.05) is 26.1 Å². The van der Waals surface area contributed by atoms with E-state index in [0.717, 1.165) is 42.7 Å². The van der Waals surface area contributed by atoms with E-state index >= 15 is 0 Å². The van der Waals surface area contributed by atoms with E-state index in [1.54, 1.807) is 30.3 Å². The Morgan fingerprint density at radius 3 is 2.28 bits per heavy atom. The first-order valence-electron chi connectivity index (χ1n) is 9.77. The van der Waals surface area contributed by atoms with Gasteiger partial charge in [-0.05, 0) is 55.0 Å². The van der Waals surface area contributed by atoms with Gasteiger partial charge in [-0.2, -0.15) is 0 Å². The molecule has 1 fully saturated rings. The number of likely N-dealkylation sites (tertiary alicyclic amines) is 1. The highest BCUT2D eigenvalue weighted by Gasteiger charge is 2.36. The van der Waals surface area contributed by atoms with E-state index in [1.165, 1.54) is 0 Å². The van der Waals surface area contributed by atoms with Gasteiger partial charge in [0.1, 0.15) is 5.84 Å². The molecular weight excluding hydrogens is 366 g/mol. The smallest absolute Gasteiger partial charge is 0.345 e. The summed E-state index contributed by atoms with van der Waals surface area (Å²) in [5.74, 6) is -0.0291. The van der Waals surface area contributed by atoms with E-state index in [0.29, 0.717) is 15.7 Å². The van der Waals surface area contributed by atoms with Gasteiger partial charge in [0.05, 0.1) is 32.2 Å². The average molecular weight is 394 g/mol. The van der Waals surface area contributed by atoms with Crippen LogP contribution in [0.1, 0.15) is 34.3 Å². The number of carbonyl (C=O) groups is 2. The van der Waals surface area contributed by atoms with Gasteiger partial charge in [-0.3, -0.25) is 14.7 Å². The molecule has 0 saturated carbocycles. The lowest BCUT2D eigenvalue weighted by Gasteiger charge is -2.26. The molecule has 7 nitrogen and oxygen atoms in total. The Balaban J connectivity index is 1.58. The van der Waals surface area contributed by atoms with Crippen LogP contribution < -0.4 is 16.4 Å². The molecule has 0 unspecified atom stereocenters. The fourth-order valence-electron chi connectivity index (χ4n) is 3.66. The molecule has 3 rings (SSSR count). The van der Waals surface area contributed by atoms with Crippen molar-refractivity contribution in [1.29, 1.82) is 5.41 Å².